The highest BCUT2D eigenvalue weighted by Crippen LogP contribution is 2.22. The third kappa shape index (κ3) is 3.11. The van der Waals surface area contributed by atoms with Gasteiger partial charge in [0.2, 0.25) is 0 Å². The van der Waals surface area contributed by atoms with Crippen molar-refractivity contribution in [3.8, 4) is 0 Å². The van der Waals surface area contributed by atoms with Crippen LogP contribution in [0.4, 0.5) is 21.6 Å². The topological polar surface area (TPSA) is 105 Å². The molecule has 0 aliphatic heterocycles. The number of hydrogen-bond donors (Lipinski definition) is 2. The third-order valence-electron chi connectivity index (χ3n) is 2.73. The molecule has 0 saturated heterocycles. The lowest BCUT2D eigenvalue weighted by molar-refractivity contribution is -0.385. The Morgan fingerprint density at radius 1 is 1.38 bits per heavy atom. The van der Waals surface area contributed by atoms with Gasteiger partial charge in [0.1, 0.15) is 17.3 Å². The van der Waals surface area contributed by atoms with Gasteiger partial charge in [-0.2, -0.15) is 0 Å². The van der Waals surface area contributed by atoms with E-state index in [0.717, 1.165) is 12.1 Å². The molecule has 1 aromatic carbocycles. The molecule has 108 valence electrons. The van der Waals surface area contributed by atoms with Gasteiger partial charge in [0.15, 0.2) is 0 Å². The molecule has 0 amide bonds. The summed E-state index contributed by atoms with van der Waals surface area (Å²) < 4.78 is 13.5. The molecule has 8 heteroatoms. The summed E-state index contributed by atoms with van der Waals surface area (Å²) in [5.41, 5.74) is -0.0489. The highest BCUT2D eigenvalue weighted by Gasteiger charge is 2.13. The van der Waals surface area contributed by atoms with Crippen LogP contribution in [0, 0.1) is 22.9 Å². The zero-order valence-electron chi connectivity index (χ0n) is 10.8. The summed E-state index contributed by atoms with van der Waals surface area (Å²) in [6.07, 6.45) is 0. The standard InChI is InChI=1S/C13H10FN3O4/c1-7-11(17(20)21)4-5-12(15-7)16-8-2-3-9(13(18)19)10(14)6-8/h2-6H,1H3,(H,15,16)(H,18,19). The molecule has 1 aromatic heterocycles. The molecule has 0 radical (unpaired) electrons. The molecule has 0 spiro atoms. The van der Waals surface area contributed by atoms with E-state index in [1.54, 1.807) is 0 Å². The van der Waals surface area contributed by atoms with Crippen LogP contribution in [0.25, 0.3) is 0 Å². The van der Waals surface area contributed by atoms with Crippen LogP contribution in [0.15, 0.2) is 30.3 Å². The van der Waals surface area contributed by atoms with Crippen molar-refractivity contribution in [1.29, 1.82) is 0 Å². The number of nitrogens with one attached hydrogen (secondary N) is 1. The summed E-state index contributed by atoms with van der Waals surface area (Å²) in [7, 11) is 0. The molecule has 7 nitrogen and oxygen atoms in total. The van der Waals surface area contributed by atoms with Crippen molar-refractivity contribution in [1.82, 2.24) is 4.98 Å². The number of rotatable bonds is 4. The summed E-state index contributed by atoms with van der Waals surface area (Å²) in [4.78, 5) is 24.8. The van der Waals surface area contributed by atoms with Crippen molar-refractivity contribution < 1.29 is 19.2 Å². The number of benzene rings is 1. The monoisotopic (exact) mass is 291 g/mol. The number of halogens is 1. The number of aromatic nitrogens is 1. The van der Waals surface area contributed by atoms with Gasteiger partial charge < -0.3 is 10.4 Å². The molecular formula is C13H10FN3O4. The fourth-order valence-electron chi connectivity index (χ4n) is 1.73. The normalized spacial score (nSPS) is 10.2. The number of aromatic carboxylic acids is 1. The number of anilines is 2. The van der Waals surface area contributed by atoms with Gasteiger partial charge in [-0.3, -0.25) is 10.1 Å². The van der Waals surface area contributed by atoms with Crippen LogP contribution in [0.5, 0.6) is 0 Å². The number of carbonyl (C=O) groups is 1. The first kappa shape index (κ1) is 14.4. The van der Waals surface area contributed by atoms with Gasteiger partial charge in [-0.05, 0) is 31.2 Å². The van der Waals surface area contributed by atoms with E-state index in [0.29, 0.717) is 11.5 Å². The van der Waals surface area contributed by atoms with Crippen LogP contribution < -0.4 is 5.32 Å². The molecule has 0 bridgehead atoms. The van der Waals surface area contributed by atoms with E-state index in [-0.39, 0.29) is 11.4 Å². The maximum Gasteiger partial charge on any atom is 0.338 e. The molecule has 0 fully saturated rings. The maximum atomic E-state index is 13.5. The Balaban J connectivity index is 2.26. The van der Waals surface area contributed by atoms with Gasteiger partial charge in [0.25, 0.3) is 5.69 Å². The molecule has 2 aromatic rings. The highest BCUT2D eigenvalue weighted by atomic mass is 19.1. The first-order valence-corrected chi connectivity index (χ1v) is 5.80. The maximum absolute atomic E-state index is 13.5. The lowest BCUT2D eigenvalue weighted by atomic mass is 10.2. The number of pyridine rings is 1. The van der Waals surface area contributed by atoms with Crippen molar-refractivity contribution in [3.63, 3.8) is 0 Å². The Morgan fingerprint density at radius 3 is 2.62 bits per heavy atom. The van der Waals surface area contributed by atoms with Gasteiger partial charge in [0.05, 0.1) is 10.5 Å². The summed E-state index contributed by atoms with van der Waals surface area (Å²) in [5, 5.41) is 22.2. The molecule has 0 atom stereocenters. The molecule has 21 heavy (non-hydrogen) atoms. The smallest absolute Gasteiger partial charge is 0.338 e. The molecular weight excluding hydrogens is 281 g/mol. The first-order chi connectivity index (χ1) is 9.88. The SMILES string of the molecule is Cc1nc(Nc2ccc(C(=O)O)c(F)c2)ccc1[N+](=O)[O-]. The number of carboxylic acid groups (broad SMARTS) is 1. The molecule has 0 unspecified atom stereocenters. The van der Waals surface area contributed by atoms with Crippen LogP contribution in [0.1, 0.15) is 16.1 Å². The molecule has 2 rings (SSSR count). The fourth-order valence-corrected chi connectivity index (χ4v) is 1.73. The highest BCUT2D eigenvalue weighted by molar-refractivity contribution is 5.88. The Hall–Kier alpha value is -3.03. The third-order valence-corrected chi connectivity index (χ3v) is 2.73. The van der Waals surface area contributed by atoms with Crippen LogP contribution in [0.3, 0.4) is 0 Å². The molecule has 0 saturated carbocycles. The zero-order valence-corrected chi connectivity index (χ0v) is 10.8. The van der Waals surface area contributed by atoms with Gasteiger partial charge in [-0.25, -0.2) is 14.2 Å². The molecule has 0 aliphatic carbocycles. The summed E-state index contributed by atoms with van der Waals surface area (Å²) in [6, 6.07) is 6.19. The van der Waals surface area contributed by atoms with E-state index in [1.165, 1.54) is 25.1 Å². The van der Waals surface area contributed by atoms with Crippen LogP contribution in [-0.2, 0) is 0 Å². The minimum atomic E-state index is -1.36. The fraction of sp³-hybridized carbons (Fsp3) is 0.0769. The van der Waals surface area contributed by atoms with Crippen molar-refractivity contribution in [3.05, 3.63) is 57.5 Å². The van der Waals surface area contributed by atoms with E-state index in [1.807, 2.05) is 0 Å². The van der Waals surface area contributed by atoms with Crippen molar-refractivity contribution in [2.24, 2.45) is 0 Å². The van der Waals surface area contributed by atoms with Crippen LogP contribution in [-0.4, -0.2) is 21.0 Å². The van der Waals surface area contributed by atoms with Crippen molar-refractivity contribution in [2.75, 3.05) is 5.32 Å². The predicted octanol–water partition coefficient (Wildman–Crippen LogP) is 2.88. The summed E-state index contributed by atoms with van der Waals surface area (Å²) in [6.45, 7) is 1.48. The van der Waals surface area contributed by atoms with E-state index in [9.17, 15) is 19.3 Å². The molecule has 1 heterocycles. The predicted molar refractivity (Wildman–Crippen MR) is 72.3 cm³/mol. The average molecular weight is 291 g/mol. The van der Waals surface area contributed by atoms with Crippen LogP contribution in [0.2, 0.25) is 0 Å². The minimum Gasteiger partial charge on any atom is -0.478 e. The lowest BCUT2D eigenvalue weighted by Gasteiger charge is -2.07. The van der Waals surface area contributed by atoms with Crippen molar-refractivity contribution >= 4 is 23.2 Å². The quantitative estimate of drug-likeness (QED) is 0.662. The van der Waals surface area contributed by atoms with Gasteiger partial charge in [-0.15, -0.1) is 0 Å². The number of nitrogens with zero attached hydrogens (tertiary/aromatic N) is 2. The number of aryl methyl sites for hydroxylation is 1. The van der Waals surface area contributed by atoms with E-state index < -0.39 is 22.3 Å². The first-order valence-electron chi connectivity index (χ1n) is 5.80. The largest absolute Gasteiger partial charge is 0.478 e. The Kier molecular flexibility index (Phi) is 3.79. The van der Waals surface area contributed by atoms with Crippen LogP contribution >= 0.6 is 0 Å². The van der Waals surface area contributed by atoms with E-state index in [2.05, 4.69) is 10.3 Å². The second-order valence-electron chi connectivity index (χ2n) is 4.18. The van der Waals surface area contributed by atoms with Crippen molar-refractivity contribution in [2.45, 2.75) is 6.92 Å². The summed E-state index contributed by atoms with van der Waals surface area (Å²) >= 11 is 0. The minimum absolute atomic E-state index is 0.118. The lowest BCUT2D eigenvalue weighted by Crippen LogP contribution is -2.02. The average Bonchev–Trinajstić information content (AvgIpc) is 2.37. The van der Waals surface area contributed by atoms with E-state index >= 15 is 0 Å². The molecule has 0 aliphatic rings. The summed E-state index contributed by atoms with van der Waals surface area (Å²) in [5.74, 6) is -1.95. The second kappa shape index (κ2) is 5.53. The molecule has 2 N–H and O–H groups in total. The number of carboxylic acids is 1. The van der Waals surface area contributed by atoms with Gasteiger partial charge in [0, 0.05) is 11.8 Å². The number of nitro groups is 1. The van der Waals surface area contributed by atoms with E-state index in [4.69, 9.17) is 5.11 Å². The van der Waals surface area contributed by atoms with Gasteiger partial charge >= 0.3 is 5.97 Å². The van der Waals surface area contributed by atoms with Gasteiger partial charge in [-0.1, -0.05) is 0 Å². The Labute approximate surface area is 118 Å². The second-order valence-corrected chi connectivity index (χ2v) is 4.18. The Morgan fingerprint density at radius 2 is 2.10 bits per heavy atom. The zero-order chi connectivity index (χ0) is 15.6. The Bertz CT molecular complexity index is 672. The number of hydrogen-bond acceptors (Lipinski definition) is 5.